The number of aryl methyl sites for hydroxylation is 1. The number of anilines is 1. The van der Waals surface area contributed by atoms with E-state index in [0.717, 1.165) is 63.6 Å². The molecule has 1 aliphatic heterocycles. The zero-order chi connectivity index (χ0) is 24.7. The molecule has 3 rings (SSSR count). The summed E-state index contributed by atoms with van der Waals surface area (Å²) in [4.78, 5) is 34.6. The first-order chi connectivity index (χ1) is 16.4. The molecule has 15 heteroatoms. The summed E-state index contributed by atoms with van der Waals surface area (Å²) in [5, 5.41) is 17.4. The van der Waals surface area contributed by atoms with Crippen molar-refractivity contribution in [2.75, 3.05) is 77.4 Å². The van der Waals surface area contributed by atoms with E-state index in [4.69, 9.17) is 4.74 Å². The molecule has 1 saturated heterocycles. The van der Waals surface area contributed by atoms with Gasteiger partial charge in [0.25, 0.3) is 5.56 Å². The molecule has 12 nitrogen and oxygen atoms in total. The molecule has 3 heterocycles. The highest BCUT2D eigenvalue weighted by Gasteiger charge is 2.21. The fraction of sp³-hybridized carbons (Fsp3) is 0.773. The van der Waals surface area contributed by atoms with Crippen molar-refractivity contribution in [2.45, 2.75) is 26.5 Å². The van der Waals surface area contributed by atoms with Gasteiger partial charge in [0.1, 0.15) is 0 Å². The van der Waals surface area contributed by atoms with Gasteiger partial charge in [-0.1, -0.05) is 13.8 Å². The third-order valence-corrected chi connectivity index (χ3v) is 6.44. The number of rotatable bonds is 13. The number of hydrogen-bond acceptors (Lipinski definition) is 9. The Kier molecular flexibility index (Phi) is 16.6. The van der Waals surface area contributed by atoms with Gasteiger partial charge in [0.15, 0.2) is 11.2 Å². The first kappa shape index (κ1) is 35.6. The number of aromatic nitrogens is 4. The molecule has 1 aliphatic rings. The highest BCUT2D eigenvalue weighted by molar-refractivity contribution is 5.86. The molecule has 0 radical (unpaired) electrons. The molecular weight excluding hydrogens is 547 g/mol. The summed E-state index contributed by atoms with van der Waals surface area (Å²) >= 11 is 0. The molecule has 0 amide bonds. The van der Waals surface area contributed by atoms with E-state index >= 15 is 0 Å². The van der Waals surface area contributed by atoms with Crippen LogP contribution in [0.3, 0.4) is 0 Å². The minimum Gasteiger partial charge on any atom is -0.390 e. The topological polar surface area (TPSA) is 122 Å². The third kappa shape index (κ3) is 9.10. The quantitative estimate of drug-likeness (QED) is 0.271. The van der Waals surface area contributed by atoms with Gasteiger partial charge in [0, 0.05) is 59.9 Å². The van der Waals surface area contributed by atoms with Gasteiger partial charge in [-0.25, -0.2) is 4.79 Å². The van der Waals surface area contributed by atoms with Crippen molar-refractivity contribution in [3.8, 4) is 0 Å². The van der Waals surface area contributed by atoms with Gasteiger partial charge >= 0.3 is 5.69 Å². The number of aliphatic hydroxyl groups excluding tert-OH is 1. The summed E-state index contributed by atoms with van der Waals surface area (Å²) in [5.74, 6) is 0.476. The molecule has 0 aromatic carbocycles. The zero-order valence-corrected chi connectivity index (χ0v) is 24.6. The number of ether oxygens (including phenoxy) is 1. The number of halogens is 3. The average molecular weight is 590 g/mol. The number of imidazole rings is 1. The van der Waals surface area contributed by atoms with Crippen molar-refractivity contribution in [3.63, 3.8) is 0 Å². The van der Waals surface area contributed by atoms with Crippen LogP contribution in [0, 0.1) is 0 Å². The standard InChI is InChI=1S/C22H40N8O4.3ClH/c1-5-28(6-2)9-7-23-15-17(31)16-30-18-19(26(3)22(33)27(4)20(18)32)25-21(30)24-8-10-29-11-13-34-14-12-29;;;/h17,23,31H,5-16H2,1-4H3,(H,24,25);3*1H. The van der Waals surface area contributed by atoms with Crippen LogP contribution in [0.4, 0.5) is 5.95 Å². The van der Waals surface area contributed by atoms with Gasteiger partial charge < -0.3 is 29.9 Å². The lowest BCUT2D eigenvalue weighted by Gasteiger charge is -2.26. The predicted octanol–water partition coefficient (Wildman–Crippen LogP) is -0.264. The number of hydrogen-bond donors (Lipinski definition) is 3. The van der Waals surface area contributed by atoms with Gasteiger partial charge in [-0.15, -0.1) is 37.2 Å². The summed E-state index contributed by atoms with van der Waals surface area (Å²) in [7, 11) is 3.06. The molecule has 37 heavy (non-hydrogen) atoms. The molecule has 2 aromatic heterocycles. The van der Waals surface area contributed by atoms with Crippen LogP contribution >= 0.6 is 37.2 Å². The molecule has 0 saturated carbocycles. The van der Waals surface area contributed by atoms with Crippen LogP contribution in [-0.2, 0) is 25.4 Å². The molecule has 1 unspecified atom stereocenters. The monoisotopic (exact) mass is 588 g/mol. The third-order valence-electron chi connectivity index (χ3n) is 6.44. The predicted molar refractivity (Wildman–Crippen MR) is 154 cm³/mol. The lowest BCUT2D eigenvalue weighted by Crippen LogP contribution is -2.39. The number of aliphatic hydroxyl groups is 1. The second-order valence-corrected chi connectivity index (χ2v) is 8.69. The van der Waals surface area contributed by atoms with Crippen molar-refractivity contribution in [3.05, 3.63) is 20.8 Å². The first-order valence-electron chi connectivity index (χ1n) is 12.2. The molecule has 3 N–H and O–H groups in total. The summed E-state index contributed by atoms with van der Waals surface area (Å²) in [6, 6.07) is 0. The van der Waals surface area contributed by atoms with Gasteiger partial charge in [-0.05, 0) is 13.1 Å². The van der Waals surface area contributed by atoms with E-state index in [9.17, 15) is 14.7 Å². The number of morpholine rings is 1. The minimum absolute atomic E-state index is 0. The fourth-order valence-electron chi connectivity index (χ4n) is 4.23. The van der Waals surface area contributed by atoms with Crippen molar-refractivity contribution in [1.29, 1.82) is 0 Å². The van der Waals surface area contributed by atoms with Crippen LogP contribution < -0.4 is 21.9 Å². The van der Waals surface area contributed by atoms with Crippen LogP contribution in [0.15, 0.2) is 9.59 Å². The number of likely N-dealkylation sites (N-methyl/N-ethyl adjacent to an activating group) is 1. The van der Waals surface area contributed by atoms with Gasteiger partial charge in [-0.3, -0.25) is 18.8 Å². The Hall–Kier alpha value is -1.38. The minimum atomic E-state index is -0.726. The van der Waals surface area contributed by atoms with Crippen molar-refractivity contribution in [2.24, 2.45) is 14.1 Å². The maximum Gasteiger partial charge on any atom is 0.332 e. The van der Waals surface area contributed by atoms with Crippen molar-refractivity contribution < 1.29 is 9.84 Å². The maximum atomic E-state index is 13.0. The van der Waals surface area contributed by atoms with Crippen LogP contribution in [-0.4, -0.2) is 112 Å². The molecule has 1 atom stereocenters. The first-order valence-corrected chi connectivity index (χ1v) is 12.2. The van der Waals surface area contributed by atoms with Crippen LogP contribution in [0.1, 0.15) is 13.8 Å². The van der Waals surface area contributed by atoms with E-state index in [1.165, 1.54) is 11.6 Å². The molecule has 1 fully saturated rings. The Balaban J connectivity index is 0.00000432. The van der Waals surface area contributed by atoms with E-state index in [-0.39, 0.29) is 43.8 Å². The fourth-order valence-corrected chi connectivity index (χ4v) is 4.23. The summed E-state index contributed by atoms with van der Waals surface area (Å²) in [6.45, 7) is 13.1. The molecule has 2 aromatic rings. The summed E-state index contributed by atoms with van der Waals surface area (Å²) < 4.78 is 9.55. The molecule has 0 spiro atoms. The Bertz CT molecular complexity index is 1050. The SMILES string of the molecule is CCN(CC)CCNCC(O)Cn1c(NCCN2CCOCC2)nc2c1c(=O)n(C)c(=O)n2C.Cl.Cl.Cl. The highest BCUT2D eigenvalue weighted by Crippen LogP contribution is 2.16. The Morgan fingerprint density at radius 3 is 2.32 bits per heavy atom. The van der Waals surface area contributed by atoms with Crippen molar-refractivity contribution in [1.82, 2.24) is 33.8 Å². The summed E-state index contributed by atoms with van der Waals surface area (Å²) in [6.07, 6.45) is -0.726. The largest absolute Gasteiger partial charge is 0.390 e. The average Bonchev–Trinajstić information content (AvgIpc) is 3.20. The lowest BCUT2D eigenvalue weighted by molar-refractivity contribution is 0.0398. The number of nitrogens with one attached hydrogen (secondary N) is 2. The van der Waals surface area contributed by atoms with Crippen molar-refractivity contribution >= 4 is 54.3 Å². The van der Waals surface area contributed by atoms with E-state index in [2.05, 4.69) is 39.3 Å². The Morgan fingerprint density at radius 2 is 1.70 bits per heavy atom. The maximum absolute atomic E-state index is 13.0. The number of fused-ring (bicyclic) bond motifs is 1. The van der Waals surface area contributed by atoms with E-state index < -0.39 is 17.4 Å². The highest BCUT2D eigenvalue weighted by atomic mass is 35.5. The summed E-state index contributed by atoms with van der Waals surface area (Å²) in [5.41, 5.74) is -0.238. The lowest BCUT2D eigenvalue weighted by atomic mass is 10.3. The normalized spacial score (nSPS) is 14.6. The second-order valence-electron chi connectivity index (χ2n) is 8.69. The van der Waals surface area contributed by atoms with Gasteiger partial charge in [0.2, 0.25) is 5.95 Å². The van der Waals surface area contributed by atoms with Gasteiger partial charge in [0.05, 0.1) is 25.9 Å². The Morgan fingerprint density at radius 1 is 1.05 bits per heavy atom. The molecule has 0 aliphatic carbocycles. The van der Waals surface area contributed by atoms with Gasteiger partial charge in [-0.2, -0.15) is 4.98 Å². The van der Waals surface area contributed by atoms with E-state index in [1.807, 2.05) is 0 Å². The number of nitrogens with zero attached hydrogens (tertiary/aromatic N) is 6. The van der Waals surface area contributed by atoms with E-state index in [1.54, 1.807) is 11.6 Å². The van der Waals surface area contributed by atoms with E-state index in [0.29, 0.717) is 30.2 Å². The molecule has 216 valence electrons. The smallest absolute Gasteiger partial charge is 0.332 e. The van der Waals surface area contributed by atoms with Crippen LogP contribution in [0.25, 0.3) is 11.2 Å². The second kappa shape index (κ2) is 17.3. The Labute approximate surface area is 236 Å². The molecule has 0 bridgehead atoms. The zero-order valence-electron chi connectivity index (χ0n) is 22.1. The van der Waals surface area contributed by atoms with Crippen LogP contribution in [0.5, 0.6) is 0 Å². The molecular formula is C22H43Cl3N8O4. The van der Waals surface area contributed by atoms with Crippen LogP contribution in [0.2, 0.25) is 0 Å².